The van der Waals surface area contributed by atoms with Crippen LogP contribution in [0.25, 0.3) is 0 Å². The second-order valence-corrected chi connectivity index (χ2v) is 7.77. The zero-order valence-electron chi connectivity index (χ0n) is 16.8. The van der Waals surface area contributed by atoms with E-state index in [4.69, 9.17) is 9.47 Å². The number of esters is 2. The first-order valence-corrected chi connectivity index (χ1v) is 9.16. The Morgan fingerprint density at radius 2 is 1.44 bits per heavy atom. The Balaban J connectivity index is 3.13. The molecule has 6 heteroatoms. The number of hydrogen-bond donors (Lipinski definition) is 1. The molecule has 25 heavy (non-hydrogen) atoms. The highest BCUT2D eigenvalue weighted by molar-refractivity contribution is 6.13. The Kier molecular flexibility index (Phi) is 7.47. The van der Waals surface area contributed by atoms with E-state index in [1.807, 2.05) is 6.92 Å². The van der Waals surface area contributed by atoms with Gasteiger partial charge in [0.05, 0.1) is 13.2 Å². The van der Waals surface area contributed by atoms with E-state index in [-0.39, 0.29) is 35.9 Å². The molecule has 0 aromatic rings. The monoisotopic (exact) mass is 354 g/mol. The van der Waals surface area contributed by atoms with Crippen LogP contribution in [0, 0.1) is 0 Å². The minimum absolute atomic E-state index is 0.0261. The Morgan fingerprint density at radius 3 is 1.80 bits per heavy atom. The smallest absolute Gasteiger partial charge is 0.347 e. The normalized spacial score (nSPS) is 19.0. The van der Waals surface area contributed by atoms with E-state index in [2.05, 4.69) is 37.9 Å². The second kappa shape index (κ2) is 8.70. The number of ether oxygens (including phenoxy) is 2. The highest BCUT2D eigenvalue weighted by Crippen LogP contribution is 2.32. The van der Waals surface area contributed by atoms with Gasteiger partial charge in [-0.05, 0) is 61.3 Å². The van der Waals surface area contributed by atoms with E-state index in [1.54, 1.807) is 20.0 Å². The van der Waals surface area contributed by atoms with Crippen LogP contribution in [-0.2, 0) is 19.1 Å². The van der Waals surface area contributed by atoms with Gasteiger partial charge in [0.25, 0.3) is 0 Å². The zero-order valence-corrected chi connectivity index (χ0v) is 16.8. The maximum Gasteiger partial charge on any atom is 0.347 e. The summed E-state index contributed by atoms with van der Waals surface area (Å²) in [4.78, 5) is 26.5. The van der Waals surface area contributed by atoms with Crippen molar-refractivity contribution in [2.24, 2.45) is 0 Å². The first-order chi connectivity index (χ1) is 11.5. The van der Waals surface area contributed by atoms with Crippen molar-refractivity contribution < 1.29 is 19.1 Å². The molecule has 0 unspecified atom stereocenters. The maximum absolute atomic E-state index is 12.2. The molecule has 0 bridgehead atoms. The van der Waals surface area contributed by atoms with Gasteiger partial charge in [0.1, 0.15) is 0 Å². The summed E-state index contributed by atoms with van der Waals surface area (Å²) >= 11 is 0. The number of carbonyl (C=O) groups excluding carboxylic acids is 2. The number of hydrogen-bond acceptors (Lipinski definition) is 6. The molecule has 1 rings (SSSR count). The molecular formula is C19H34N2O4. The topological polar surface area (TPSA) is 67.9 Å². The van der Waals surface area contributed by atoms with Crippen molar-refractivity contribution in [1.29, 1.82) is 0 Å². The van der Waals surface area contributed by atoms with Gasteiger partial charge in [-0.3, -0.25) is 0 Å². The summed E-state index contributed by atoms with van der Waals surface area (Å²) in [5.74, 6) is -1.27. The standard InChI is InChI=1S/C19H34N2O4/c1-8-21(14-11-18(4,5)20-19(6,7)12-14)13-15(16(22)24-9-2)17(23)25-10-3/h13-14,20H,8-12H2,1-7H3. The molecule has 0 atom stereocenters. The van der Waals surface area contributed by atoms with Gasteiger partial charge >= 0.3 is 11.9 Å². The van der Waals surface area contributed by atoms with Gasteiger partial charge < -0.3 is 19.7 Å². The van der Waals surface area contributed by atoms with Crippen molar-refractivity contribution in [3.05, 3.63) is 11.8 Å². The first-order valence-electron chi connectivity index (χ1n) is 9.16. The van der Waals surface area contributed by atoms with E-state index < -0.39 is 11.9 Å². The summed E-state index contributed by atoms with van der Waals surface area (Å²) in [6.07, 6.45) is 3.46. The quantitative estimate of drug-likeness (QED) is 0.328. The number of carbonyl (C=O) groups is 2. The summed E-state index contributed by atoms with van der Waals surface area (Å²) in [6.45, 7) is 15.3. The van der Waals surface area contributed by atoms with Gasteiger partial charge in [0, 0.05) is 29.9 Å². The molecule has 1 fully saturated rings. The van der Waals surface area contributed by atoms with E-state index in [0.29, 0.717) is 6.54 Å². The lowest BCUT2D eigenvalue weighted by atomic mass is 9.79. The lowest BCUT2D eigenvalue weighted by molar-refractivity contribution is -0.146. The first kappa shape index (κ1) is 21.5. The molecule has 1 aliphatic rings. The summed E-state index contributed by atoms with van der Waals surface area (Å²) in [5, 5.41) is 3.65. The van der Waals surface area contributed by atoms with Crippen LogP contribution >= 0.6 is 0 Å². The molecule has 0 aromatic carbocycles. The fraction of sp³-hybridized carbons (Fsp3) is 0.789. The fourth-order valence-electron chi connectivity index (χ4n) is 3.73. The second-order valence-electron chi connectivity index (χ2n) is 7.77. The molecular weight excluding hydrogens is 320 g/mol. The summed E-state index contributed by atoms with van der Waals surface area (Å²) < 4.78 is 10.1. The number of piperidine rings is 1. The number of nitrogens with one attached hydrogen (secondary N) is 1. The molecule has 1 N–H and O–H groups in total. The van der Waals surface area contributed by atoms with Crippen LogP contribution in [0.15, 0.2) is 11.8 Å². The van der Waals surface area contributed by atoms with Crippen LogP contribution < -0.4 is 5.32 Å². The van der Waals surface area contributed by atoms with Gasteiger partial charge in [0.15, 0.2) is 5.57 Å². The Labute approximate surface area is 151 Å². The summed E-state index contributed by atoms with van der Waals surface area (Å²) in [6, 6.07) is 0.218. The molecule has 0 aromatic heterocycles. The highest BCUT2D eigenvalue weighted by atomic mass is 16.6. The van der Waals surface area contributed by atoms with Crippen LogP contribution in [-0.4, -0.2) is 53.7 Å². The van der Waals surface area contributed by atoms with E-state index in [0.717, 1.165) is 12.8 Å². The largest absolute Gasteiger partial charge is 0.462 e. The van der Waals surface area contributed by atoms with E-state index >= 15 is 0 Å². The van der Waals surface area contributed by atoms with E-state index in [9.17, 15) is 9.59 Å². The third-order valence-corrected chi connectivity index (χ3v) is 4.29. The molecule has 1 heterocycles. The average Bonchev–Trinajstić information content (AvgIpc) is 2.45. The average molecular weight is 354 g/mol. The molecule has 0 radical (unpaired) electrons. The van der Waals surface area contributed by atoms with Gasteiger partial charge in [-0.1, -0.05) is 0 Å². The van der Waals surface area contributed by atoms with Crippen LogP contribution in [0.2, 0.25) is 0 Å². The van der Waals surface area contributed by atoms with Crippen LogP contribution in [0.3, 0.4) is 0 Å². The van der Waals surface area contributed by atoms with Crippen molar-refractivity contribution in [3.63, 3.8) is 0 Å². The van der Waals surface area contributed by atoms with Gasteiger partial charge in [-0.2, -0.15) is 0 Å². The molecule has 1 saturated heterocycles. The Bertz CT molecular complexity index is 476. The van der Waals surface area contributed by atoms with Crippen molar-refractivity contribution >= 4 is 11.9 Å². The Hall–Kier alpha value is -1.56. The van der Waals surface area contributed by atoms with Gasteiger partial charge in [-0.15, -0.1) is 0 Å². The molecule has 144 valence electrons. The van der Waals surface area contributed by atoms with Crippen molar-refractivity contribution in [1.82, 2.24) is 10.2 Å². The minimum Gasteiger partial charge on any atom is -0.462 e. The van der Waals surface area contributed by atoms with Gasteiger partial charge in [0.2, 0.25) is 0 Å². The number of nitrogens with zero attached hydrogens (tertiary/aromatic N) is 1. The lowest BCUT2D eigenvalue weighted by Gasteiger charge is -2.49. The van der Waals surface area contributed by atoms with Crippen LogP contribution in [0.4, 0.5) is 0 Å². The molecule has 0 spiro atoms. The molecule has 0 saturated carbocycles. The van der Waals surface area contributed by atoms with Gasteiger partial charge in [-0.25, -0.2) is 9.59 Å². The van der Waals surface area contributed by atoms with Crippen molar-refractivity contribution in [2.75, 3.05) is 19.8 Å². The van der Waals surface area contributed by atoms with Crippen LogP contribution in [0.5, 0.6) is 0 Å². The summed E-state index contributed by atoms with van der Waals surface area (Å²) in [5.41, 5.74) is -0.0941. The Morgan fingerprint density at radius 1 is 1.00 bits per heavy atom. The number of rotatable bonds is 7. The van der Waals surface area contributed by atoms with Crippen LogP contribution in [0.1, 0.15) is 61.3 Å². The lowest BCUT2D eigenvalue weighted by Crippen LogP contribution is -2.61. The summed E-state index contributed by atoms with van der Waals surface area (Å²) in [7, 11) is 0. The third-order valence-electron chi connectivity index (χ3n) is 4.29. The zero-order chi connectivity index (χ0) is 19.3. The van der Waals surface area contributed by atoms with E-state index in [1.165, 1.54) is 0 Å². The fourth-order valence-corrected chi connectivity index (χ4v) is 3.73. The minimum atomic E-state index is -0.633. The SMILES string of the molecule is CCOC(=O)C(=CN(CC)C1CC(C)(C)NC(C)(C)C1)C(=O)OCC. The molecule has 0 amide bonds. The van der Waals surface area contributed by atoms with Crippen molar-refractivity contribution in [2.45, 2.75) is 78.4 Å². The molecule has 6 nitrogen and oxygen atoms in total. The predicted octanol–water partition coefficient (Wildman–Crippen LogP) is 2.63. The molecule has 0 aliphatic carbocycles. The van der Waals surface area contributed by atoms with Crippen molar-refractivity contribution in [3.8, 4) is 0 Å². The molecule has 1 aliphatic heterocycles. The highest BCUT2D eigenvalue weighted by Gasteiger charge is 2.39. The third kappa shape index (κ3) is 6.34. The predicted molar refractivity (Wildman–Crippen MR) is 98.0 cm³/mol. The maximum atomic E-state index is 12.2.